The summed E-state index contributed by atoms with van der Waals surface area (Å²) in [4.78, 5) is 12.3. The second-order valence-electron chi connectivity index (χ2n) is 5.62. The Morgan fingerprint density at radius 3 is 2.58 bits per heavy atom. The van der Waals surface area contributed by atoms with Crippen LogP contribution in [0.1, 0.15) is 11.3 Å². The van der Waals surface area contributed by atoms with E-state index in [1.807, 2.05) is 25.1 Å². The first-order valence-corrected chi connectivity index (χ1v) is 7.92. The highest BCUT2D eigenvalue weighted by molar-refractivity contribution is 6.09. The van der Waals surface area contributed by atoms with Crippen molar-refractivity contribution < 1.29 is 13.6 Å². The number of hydrogen-bond acceptors (Lipinski definition) is 3. The van der Waals surface area contributed by atoms with Gasteiger partial charge in [-0.2, -0.15) is 5.26 Å². The molecule has 2 aromatic carbocycles. The molecule has 26 heavy (non-hydrogen) atoms. The quantitative estimate of drug-likeness (QED) is 0.537. The Kier molecular flexibility index (Phi) is 4.95. The monoisotopic (exact) mass is 346 g/mol. The third-order valence-electron chi connectivity index (χ3n) is 3.81. The van der Waals surface area contributed by atoms with E-state index in [9.17, 15) is 14.4 Å². The van der Waals surface area contributed by atoms with Crippen molar-refractivity contribution >= 4 is 17.7 Å². The number of aryl methyl sites for hydroxylation is 1. The molecule has 0 bridgehead atoms. The summed E-state index contributed by atoms with van der Waals surface area (Å²) < 4.78 is 19.4. The van der Waals surface area contributed by atoms with Crippen LogP contribution in [-0.2, 0) is 4.79 Å². The average molecular weight is 346 g/mol. The molecule has 3 rings (SSSR count). The minimum Gasteiger partial charge on any atom is -0.457 e. The van der Waals surface area contributed by atoms with Gasteiger partial charge >= 0.3 is 0 Å². The van der Waals surface area contributed by atoms with E-state index in [1.54, 1.807) is 42.5 Å². The molecular formula is C21H15FN2O2. The maximum Gasteiger partial charge on any atom is 0.266 e. The van der Waals surface area contributed by atoms with Gasteiger partial charge in [-0.3, -0.25) is 4.79 Å². The van der Waals surface area contributed by atoms with Crippen LogP contribution in [0.4, 0.5) is 10.1 Å². The van der Waals surface area contributed by atoms with E-state index in [0.29, 0.717) is 22.8 Å². The van der Waals surface area contributed by atoms with Crippen LogP contribution in [0.15, 0.2) is 70.7 Å². The lowest BCUT2D eigenvalue weighted by molar-refractivity contribution is -0.112. The lowest BCUT2D eigenvalue weighted by Crippen LogP contribution is -2.14. The third kappa shape index (κ3) is 3.70. The van der Waals surface area contributed by atoms with E-state index < -0.39 is 11.7 Å². The molecule has 0 atom stereocenters. The lowest BCUT2D eigenvalue weighted by atomic mass is 10.1. The molecule has 1 amide bonds. The predicted octanol–water partition coefficient (Wildman–Crippen LogP) is 4.94. The summed E-state index contributed by atoms with van der Waals surface area (Å²) in [6.07, 6.45) is 1.33. The maximum absolute atomic E-state index is 13.8. The normalized spacial score (nSPS) is 11.0. The fraction of sp³-hybridized carbons (Fsp3) is 0.0476. The van der Waals surface area contributed by atoms with Gasteiger partial charge in [0.25, 0.3) is 5.91 Å². The molecule has 0 aliphatic rings. The van der Waals surface area contributed by atoms with Crippen LogP contribution in [0, 0.1) is 24.1 Å². The topological polar surface area (TPSA) is 66.0 Å². The van der Waals surface area contributed by atoms with Crippen LogP contribution < -0.4 is 5.32 Å². The van der Waals surface area contributed by atoms with Gasteiger partial charge < -0.3 is 9.73 Å². The number of para-hydroxylation sites is 1. The van der Waals surface area contributed by atoms with Gasteiger partial charge in [0.1, 0.15) is 29.0 Å². The smallest absolute Gasteiger partial charge is 0.266 e. The summed E-state index contributed by atoms with van der Waals surface area (Å²) in [6.45, 7) is 1.86. The number of hydrogen-bond donors (Lipinski definition) is 1. The second-order valence-corrected chi connectivity index (χ2v) is 5.62. The average Bonchev–Trinajstić information content (AvgIpc) is 3.10. The molecular weight excluding hydrogens is 331 g/mol. The molecule has 1 heterocycles. The fourth-order valence-electron chi connectivity index (χ4n) is 2.43. The maximum atomic E-state index is 13.8. The number of nitrogens with one attached hydrogen (secondary N) is 1. The molecule has 0 aliphatic carbocycles. The van der Waals surface area contributed by atoms with E-state index in [4.69, 9.17) is 4.42 Å². The number of carbonyl (C=O) groups excluding carboxylic acids is 1. The number of carbonyl (C=O) groups is 1. The molecule has 0 saturated heterocycles. The highest BCUT2D eigenvalue weighted by atomic mass is 19.1. The highest BCUT2D eigenvalue weighted by Gasteiger charge is 2.13. The Hall–Kier alpha value is -3.65. The lowest BCUT2D eigenvalue weighted by Gasteiger charge is -2.06. The first-order valence-electron chi connectivity index (χ1n) is 7.92. The number of benzene rings is 2. The summed E-state index contributed by atoms with van der Waals surface area (Å²) in [5.41, 5.74) is 1.72. The number of anilines is 1. The largest absolute Gasteiger partial charge is 0.457 e. The highest BCUT2D eigenvalue weighted by Crippen LogP contribution is 2.26. The summed E-state index contributed by atoms with van der Waals surface area (Å²) in [5, 5.41) is 12.0. The van der Waals surface area contributed by atoms with Crippen molar-refractivity contribution in [2.75, 3.05) is 5.32 Å². The summed E-state index contributed by atoms with van der Waals surface area (Å²) >= 11 is 0. The minimum absolute atomic E-state index is 0.109. The van der Waals surface area contributed by atoms with Crippen molar-refractivity contribution in [2.24, 2.45) is 0 Å². The Labute approximate surface area is 150 Å². The summed E-state index contributed by atoms with van der Waals surface area (Å²) in [6, 6.07) is 18.5. The van der Waals surface area contributed by atoms with E-state index in [1.165, 1.54) is 12.1 Å². The van der Waals surface area contributed by atoms with Crippen LogP contribution >= 0.6 is 0 Å². The van der Waals surface area contributed by atoms with Gasteiger partial charge in [0.05, 0.1) is 5.56 Å². The molecule has 5 heteroatoms. The first kappa shape index (κ1) is 17.2. The Morgan fingerprint density at radius 2 is 1.85 bits per heavy atom. The molecule has 1 N–H and O–H groups in total. The molecule has 0 saturated carbocycles. The van der Waals surface area contributed by atoms with Crippen molar-refractivity contribution in [3.05, 3.63) is 83.4 Å². The van der Waals surface area contributed by atoms with Crippen LogP contribution in [0.25, 0.3) is 17.4 Å². The molecule has 0 aliphatic heterocycles. The predicted molar refractivity (Wildman–Crippen MR) is 97.5 cm³/mol. The van der Waals surface area contributed by atoms with E-state index in [0.717, 1.165) is 5.56 Å². The van der Waals surface area contributed by atoms with Gasteiger partial charge in [0.15, 0.2) is 0 Å². The zero-order chi connectivity index (χ0) is 18.5. The molecule has 0 radical (unpaired) electrons. The fourth-order valence-corrected chi connectivity index (χ4v) is 2.43. The van der Waals surface area contributed by atoms with Crippen LogP contribution in [0.5, 0.6) is 0 Å². The zero-order valence-corrected chi connectivity index (χ0v) is 14.0. The molecule has 4 nitrogen and oxygen atoms in total. The Morgan fingerprint density at radius 1 is 1.12 bits per heavy atom. The van der Waals surface area contributed by atoms with Crippen molar-refractivity contribution in [3.63, 3.8) is 0 Å². The number of rotatable bonds is 4. The first-order chi connectivity index (χ1) is 12.6. The number of nitrogens with zero attached hydrogens (tertiary/aromatic N) is 1. The minimum atomic E-state index is -0.536. The molecule has 0 spiro atoms. The van der Waals surface area contributed by atoms with E-state index in [2.05, 4.69) is 5.32 Å². The molecule has 0 unspecified atom stereocenters. The van der Waals surface area contributed by atoms with Crippen molar-refractivity contribution in [2.45, 2.75) is 6.92 Å². The Balaban J connectivity index is 1.84. The standard InChI is InChI=1S/C21H15FN2O2/c1-14-6-2-5-9-19(14)24-21(25)15(13-23)12-16-10-11-20(26-16)17-7-3-4-8-18(17)22/h2-12H,1H3,(H,24,25). The van der Waals surface area contributed by atoms with Crippen molar-refractivity contribution in [3.8, 4) is 17.4 Å². The van der Waals surface area contributed by atoms with Crippen molar-refractivity contribution in [1.29, 1.82) is 5.26 Å². The number of amides is 1. The van der Waals surface area contributed by atoms with Gasteiger partial charge in [-0.1, -0.05) is 30.3 Å². The third-order valence-corrected chi connectivity index (χ3v) is 3.81. The number of halogens is 1. The van der Waals surface area contributed by atoms with Crippen molar-refractivity contribution in [1.82, 2.24) is 0 Å². The van der Waals surface area contributed by atoms with Gasteiger partial charge in [-0.15, -0.1) is 0 Å². The van der Waals surface area contributed by atoms with E-state index in [-0.39, 0.29) is 5.57 Å². The Bertz CT molecular complexity index is 1030. The van der Waals surface area contributed by atoms with Crippen LogP contribution in [0.3, 0.4) is 0 Å². The number of nitriles is 1. The zero-order valence-electron chi connectivity index (χ0n) is 14.0. The summed E-state index contributed by atoms with van der Waals surface area (Å²) in [7, 11) is 0. The van der Waals surface area contributed by atoms with Crippen LogP contribution in [-0.4, -0.2) is 5.91 Å². The molecule has 1 aromatic heterocycles. The van der Waals surface area contributed by atoms with E-state index >= 15 is 0 Å². The molecule has 0 fully saturated rings. The SMILES string of the molecule is Cc1ccccc1NC(=O)C(C#N)=Cc1ccc(-c2ccccc2F)o1. The van der Waals surface area contributed by atoms with Gasteiger partial charge in [0, 0.05) is 11.8 Å². The van der Waals surface area contributed by atoms with Gasteiger partial charge in [-0.25, -0.2) is 4.39 Å². The second kappa shape index (κ2) is 7.49. The molecule has 128 valence electrons. The van der Waals surface area contributed by atoms with Crippen LogP contribution in [0.2, 0.25) is 0 Å². The number of furan rings is 1. The molecule has 3 aromatic rings. The summed E-state index contributed by atoms with van der Waals surface area (Å²) in [5.74, 6) is -0.327. The van der Waals surface area contributed by atoms with Gasteiger partial charge in [0.2, 0.25) is 0 Å². The van der Waals surface area contributed by atoms with Gasteiger partial charge in [-0.05, 0) is 42.8 Å².